The van der Waals surface area contributed by atoms with E-state index in [9.17, 15) is 19.2 Å². The number of hydrogen-bond donors (Lipinski definition) is 3. The zero-order valence-corrected chi connectivity index (χ0v) is 38.4. The van der Waals surface area contributed by atoms with Gasteiger partial charge >= 0.3 is 0 Å². The second kappa shape index (κ2) is 22.1. The van der Waals surface area contributed by atoms with Crippen LogP contribution >= 0.6 is 11.6 Å². The third kappa shape index (κ3) is 12.1. The molecule has 0 unspecified atom stereocenters. The second-order valence-electron chi connectivity index (χ2n) is 15.9. The molecule has 340 valence electrons. The van der Waals surface area contributed by atoms with E-state index in [1.54, 1.807) is 42.7 Å². The van der Waals surface area contributed by atoms with Crippen LogP contribution in [0.15, 0.2) is 194 Å². The fraction of sp³-hybridized carbons (Fsp3) is 0.0714. The topological polar surface area (TPSA) is 165 Å². The Bertz CT molecular complexity index is 3430. The second-order valence-corrected chi connectivity index (χ2v) is 16.3. The van der Waals surface area contributed by atoms with Crippen molar-refractivity contribution in [3.8, 4) is 22.5 Å². The summed E-state index contributed by atoms with van der Waals surface area (Å²) in [6, 6.07) is 56.8. The molecule has 10 aromatic rings. The van der Waals surface area contributed by atoms with Crippen LogP contribution < -0.4 is 10.6 Å². The predicted octanol–water partition coefficient (Wildman–Crippen LogP) is 11.5. The summed E-state index contributed by atoms with van der Waals surface area (Å²) in [5.41, 5.74) is 10.0. The van der Waals surface area contributed by atoms with E-state index in [4.69, 9.17) is 11.6 Å². The number of anilines is 2. The van der Waals surface area contributed by atoms with E-state index >= 15 is 0 Å². The molecule has 4 aromatic heterocycles. The Kier molecular flexibility index (Phi) is 14.9. The number of aryl methyl sites for hydroxylation is 2. The van der Waals surface area contributed by atoms with Gasteiger partial charge in [0.15, 0.2) is 0 Å². The van der Waals surface area contributed by atoms with E-state index in [2.05, 4.69) is 35.9 Å². The lowest BCUT2D eigenvalue weighted by atomic mass is 10.1. The van der Waals surface area contributed by atoms with Gasteiger partial charge in [0, 0.05) is 33.0 Å². The third-order valence-corrected chi connectivity index (χ3v) is 11.2. The monoisotopic (exact) mass is 928 g/mol. The van der Waals surface area contributed by atoms with Gasteiger partial charge in [-0.3, -0.25) is 24.3 Å². The highest BCUT2D eigenvalue weighted by atomic mass is 35.5. The first kappa shape index (κ1) is 46.7. The fourth-order valence-corrected chi connectivity index (χ4v) is 7.66. The molecule has 0 aliphatic carbocycles. The van der Waals surface area contributed by atoms with Crippen LogP contribution in [0.1, 0.15) is 43.0 Å². The number of hydrogen-bond acceptors (Lipinski definition) is 8. The number of carbonyl (C=O) groups excluding carboxylic acids is 4. The van der Waals surface area contributed by atoms with Gasteiger partial charge in [0.25, 0.3) is 11.1 Å². The van der Waals surface area contributed by atoms with Crippen molar-refractivity contribution in [1.29, 1.82) is 0 Å². The van der Waals surface area contributed by atoms with Gasteiger partial charge in [-0.05, 0) is 108 Å². The first-order chi connectivity index (χ1) is 33.6. The minimum atomic E-state index is -0.391. The number of H-pyrrole nitrogens is 1. The Balaban J connectivity index is 0.000000160. The van der Waals surface area contributed by atoms with Gasteiger partial charge in [0.1, 0.15) is 11.6 Å². The molecule has 3 N–H and O–H groups in total. The summed E-state index contributed by atoms with van der Waals surface area (Å²) in [4.78, 5) is 57.4. The summed E-state index contributed by atoms with van der Waals surface area (Å²) in [7, 11) is 0. The molecule has 0 saturated heterocycles. The maximum Gasteiger partial charge on any atom is 0.278 e. The van der Waals surface area contributed by atoms with Gasteiger partial charge in [-0.25, -0.2) is 9.97 Å². The maximum atomic E-state index is 13.0. The van der Waals surface area contributed by atoms with E-state index in [1.165, 1.54) is 4.68 Å². The molecule has 4 heterocycles. The summed E-state index contributed by atoms with van der Waals surface area (Å²) < 4.78 is 1.43. The number of amides is 2. The number of benzene rings is 6. The average molecular weight is 929 g/mol. The minimum Gasteiger partial charge on any atom is -0.310 e. The molecule has 6 aromatic carbocycles. The highest BCUT2D eigenvalue weighted by molar-refractivity contribution is 6.67. The highest BCUT2D eigenvalue weighted by Gasteiger charge is 2.16. The lowest BCUT2D eigenvalue weighted by Crippen LogP contribution is -2.15. The van der Waals surface area contributed by atoms with Crippen molar-refractivity contribution in [1.82, 2.24) is 29.9 Å². The molecule has 0 radical (unpaired) electrons. The smallest absolute Gasteiger partial charge is 0.278 e. The SMILES string of the molecule is Cc1ccccc1C(=O)Cl.Cc1ccccc1C(=O)n1ncc2cc(-c3cccc(NC(=O)Cc4ccccc4)n3)ccc21.O=C(Cc1ccccc1)Nc1cccc(-c2ccc3[nH]ncc3c2)n1. The summed E-state index contributed by atoms with van der Waals surface area (Å²) in [5, 5.41) is 18.5. The van der Waals surface area contributed by atoms with Crippen LogP contribution in [-0.4, -0.2) is 52.9 Å². The number of rotatable bonds is 10. The number of carbonyl (C=O) groups is 4. The van der Waals surface area contributed by atoms with Gasteiger partial charge in [-0.15, -0.1) is 0 Å². The first-order valence-corrected chi connectivity index (χ1v) is 22.3. The molecule has 12 nitrogen and oxygen atoms in total. The first-order valence-electron chi connectivity index (χ1n) is 22.0. The molecule has 0 spiro atoms. The summed E-state index contributed by atoms with van der Waals surface area (Å²) in [6.07, 6.45) is 4.07. The van der Waals surface area contributed by atoms with Crippen molar-refractivity contribution in [2.75, 3.05) is 10.6 Å². The van der Waals surface area contributed by atoms with E-state index in [0.717, 1.165) is 66.6 Å². The molecule has 2 amide bonds. The molecule has 0 aliphatic rings. The lowest BCUT2D eigenvalue weighted by molar-refractivity contribution is -0.116. The summed E-state index contributed by atoms with van der Waals surface area (Å²) in [5.74, 6) is 0.667. The van der Waals surface area contributed by atoms with E-state index in [0.29, 0.717) is 29.2 Å². The molecule has 13 heteroatoms. The van der Waals surface area contributed by atoms with Crippen LogP contribution in [0, 0.1) is 13.8 Å². The summed E-state index contributed by atoms with van der Waals surface area (Å²) in [6.45, 7) is 3.77. The van der Waals surface area contributed by atoms with Crippen LogP contribution in [0.25, 0.3) is 44.3 Å². The predicted molar refractivity (Wildman–Crippen MR) is 272 cm³/mol. The van der Waals surface area contributed by atoms with Crippen LogP contribution in [0.4, 0.5) is 11.6 Å². The highest BCUT2D eigenvalue weighted by Crippen LogP contribution is 2.26. The van der Waals surface area contributed by atoms with Crippen molar-refractivity contribution >= 4 is 68.0 Å². The van der Waals surface area contributed by atoms with Crippen LogP contribution in [0.5, 0.6) is 0 Å². The average Bonchev–Trinajstić information content (AvgIpc) is 4.02. The molecule has 10 rings (SSSR count). The zero-order chi connectivity index (χ0) is 48.1. The van der Waals surface area contributed by atoms with E-state index in [-0.39, 0.29) is 24.1 Å². The molecular formula is C56H45ClN8O4. The Hall–Kier alpha value is -8.87. The van der Waals surface area contributed by atoms with Gasteiger partial charge in [0.2, 0.25) is 11.8 Å². The van der Waals surface area contributed by atoms with Crippen molar-refractivity contribution in [2.24, 2.45) is 0 Å². The van der Waals surface area contributed by atoms with Gasteiger partial charge in [0.05, 0.1) is 47.7 Å². The number of fused-ring (bicyclic) bond motifs is 2. The number of aromatic amines is 1. The van der Waals surface area contributed by atoms with Crippen LogP contribution in [0.2, 0.25) is 0 Å². The zero-order valence-electron chi connectivity index (χ0n) is 37.6. The molecule has 0 atom stereocenters. The number of halogens is 1. The number of nitrogens with zero attached hydrogens (tertiary/aromatic N) is 5. The van der Waals surface area contributed by atoms with Crippen molar-refractivity contribution in [2.45, 2.75) is 26.7 Å². The van der Waals surface area contributed by atoms with E-state index in [1.807, 2.05) is 166 Å². The van der Waals surface area contributed by atoms with Crippen LogP contribution in [0.3, 0.4) is 0 Å². The Labute approximate surface area is 403 Å². The quantitative estimate of drug-likeness (QED) is 0.114. The number of nitrogens with one attached hydrogen (secondary N) is 3. The maximum absolute atomic E-state index is 13.0. The fourth-order valence-electron chi connectivity index (χ4n) is 7.44. The molecule has 69 heavy (non-hydrogen) atoms. The molecule has 0 saturated carbocycles. The van der Waals surface area contributed by atoms with Gasteiger partial charge in [-0.2, -0.15) is 14.9 Å². The Morgan fingerprint density at radius 2 is 1.04 bits per heavy atom. The van der Waals surface area contributed by atoms with E-state index < -0.39 is 5.24 Å². The largest absolute Gasteiger partial charge is 0.310 e. The minimum absolute atomic E-state index is 0.0823. The molecule has 0 bridgehead atoms. The van der Waals surface area contributed by atoms with Crippen molar-refractivity contribution in [3.05, 3.63) is 228 Å². The Morgan fingerprint density at radius 1 is 0.536 bits per heavy atom. The molecule has 0 aliphatic heterocycles. The van der Waals surface area contributed by atoms with Gasteiger partial charge in [-0.1, -0.05) is 121 Å². The summed E-state index contributed by atoms with van der Waals surface area (Å²) >= 11 is 5.27. The lowest BCUT2D eigenvalue weighted by Gasteiger charge is -2.08. The van der Waals surface area contributed by atoms with Crippen molar-refractivity contribution in [3.63, 3.8) is 0 Å². The van der Waals surface area contributed by atoms with Crippen molar-refractivity contribution < 1.29 is 19.2 Å². The normalized spacial score (nSPS) is 10.6. The van der Waals surface area contributed by atoms with Crippen LogP contribution in [-0.2, 0) is 22.4 Å². The Morgan fingerprint density at radius 3 is 1.58 bits per heavy atom. The van der Waals surface area contributed by atoms with Gasteiger partial charge < -0.3 is 10.6 Å². The molecular weight excluding hydrogens is 884 g/mol. The number of aromatic nitrogens is 6. The standard InChI is InChI=1S/C28H22N4O2.C20H16N4O.C8H7ClO/c1-19-8-5-6-11-23(19)28(34)32-25-15-14-21(17-22(25)18-29-32)24-12-7-13-26(30-24)31-27(33)16-20-9-3-2-4-10-20;25-20(11-14-5-2-1-3-6-14)23-19-8-4-7-17(22-19)15-9-10-18-16(12-15)13-21-24-18;1-6-4-2-3-5-7(6)8(9)10/h2-15,17-18H,16H2,1H3,(H,30,31,33);1-10,12-13H,11H2,(H,21,24)(H,22,23,25);2-5H,1H3. The third-order valence-electron chi connectivity index (χ3n) is 11.0. The number of pyridine rings is 2. The molecule has 0 fully saturated rings.